The number of nitrogens with zero attached hydrogens (tertiary/aromatic N) is 1. The number of hydrogen-bond donors (Lipinski definition) is 1. The van der Waals surface area contributed by atoms with Gasteiger partial charge in [0.25, 0.3) is 5.56 Å². The summed E-state index contributed by atoms with van der Waals surface area (Å²) in [7, 11) is 0. The molecule has 0 saturated carbocycles. The molecule has 28 heavy (non-hydrogen) atoms. The van der Waals surface area contributed by atoms with Crippen LogP contribution in [0.25, 0.3) is 32.5 Å². The number of carbonyl (C=O) groups excluding carboxylic acids is 1. The van der Waals surface area contributed by atoms with Crippen LogP contribution >= 0.6 is 22.9 Å². The minimum absolute atomic E-state index is 0.0771. The van der Waals surface area contributed by atoms with Crippen molar-refractivity contribution >= 4 is 50.2 Å². The summed E-state index contributed by atoms with van der Waals surface area (Å²) in [5, 5.41) is 13.5. The molecule has 0 saturated heterocycles. The molecule has 0 aliphatic rings. The summed E-state index contributed by atoms with van der Waals surface area (Å²) in [6.45, 7) is 0. The number of halogens is 1. The number of carbonyl (C=O) groups is 1. The van der Waals surface area contributed by atoms with Crippen LogP contribution in [0.4, 0.5) is 0 Å². The van der Waals surface area contributed by atoms with Gasteiger partial charge < -0.3 is 14.9 Å². The van der Waals surface area contributed by atoms with E-state index in [-0.39, 0.29) is 22.0 Å². The maximum atomic E-state index is 12.7. The molecule has 0 unspecified atom stereocenters. The Labute approximate surface area is 168 Å². The van der Waals surface area contributed by atoms with E-state index >= 15 is 0 Å². The molecule has 7 heteroatoms. The number of aromatic carboxylic acids is 1. The van der Waals surface area contributed by atoms with E-state index in [1.54, 1.807) is 18.2 Å². The van der Waals surface area contributed by atoms with Gasteiger partial charge in [-0.25, -0.2) is 4.98 Å². The first-order valence-corrected chi connectivity index (χ1v) is 9.54. The zero-order chi connectivity index (χ0) is 19.7. The van der Waals surface area contributed by atoms with Gasteiger partial charge in [-0.15, -0.1) is 11.3 Å². The van der Waals surface area contributed by atoms with E-state index in [9.17, 15) is 14.7 Å². The average molecular weight is 408 g/mol. The quantitative estimate of drug-likeness (QED) is 0.558. The Kier molecular flexibility index (Phi) is 4.81. The molecular weight excluding hydrogens is 396 g/mol. The number of thiophene rings is 1. The van der Waals surface area contributed by atoms with Gasteiger partial charge in [-0.1, -0.05) is 66.2 Å². The Morgan fingerprint density at radius 1 is 1.11 bits per heavy atom. The molecule has 4 aromatic rings. The van der Waals surface area contributed by atoms with Crippen molar-refractivity contribution in [3.8, 4) is 11.1 Å². The van der Waals surface area contributed by atoms with Crippen molar-refractivity contribution in [2.24, 2.45) is 0 Å². The van der Waals surface area contributed by atoms with E-state index in [4.69, 9.17) is 11.6 Å². The van der Waals surface area contributed by atoms with Crippen LogP contribution in [-0.2, 0) is 0 Å². The minimum atomic E-state index is -1.25. The fourth-order valence-electron chi connectivity index (χ4n) is 2.82. The molecule has 1 N–H and O–H groups in total. The van der Waals surface area contributed by atoms with Gasteiger partial charge in [-0.05, 0) is 22.8 Å². The number of benzene rings is 2. The molecule has 5 nitrogen and oxygen atoms in total. The maximum absolute atomic E-state index is 12.7. The second kappa shape index (κ2) is 7.42. The lowest BCUT2D eigenvalue weighted by atomic mass is 10.1. The molecule has 0 fully saturated rings. The first-order chi connectivity index (χ1) is 13.5. The van der Waals surface area contributed by atoms with E-state index in [2.05, 4.69) is 9.97 Å². The van der Waals surface area contributed by atoms with Crippen LogP contribution in [-0.4, -0.2) is 15.9 Å². The van der Waals surface area contributed by atoms with Crippen molar-refractivity contribution in [2.75, 3.05) is 0 Å². The predicted molar refractivity (Wildman–Crippen MR) is 110 cm³/mol. The molecule has 0 bridgehead atoms. The lowest BCUT2D eigenvalue weighted by molar-refractivity contribution is -0.255. The highest BCUT2D eigenvalue weighted by atomic mass is 35.5. The van der Waals surface area contributed by atoms with E-state index in [1.165, 1.54) is 23.5 Å². The summed E-state index contributed by atoms with van der Waals surface area (Å²) in [4.78, 5) is 31.3. The largest absolute Gasteiger partial charge is 0.545 e. The zero-order valence-electron chi connectivity index (χ0n) is 14.3. The first kappa shape index (κ1) is 18.2. The van der Waals surface area contributed by atoms with Crippen LogP contribution in [0.15, 0.2) is 64.8 Å². The highest BCUT2D eigenvalue weighted by Crippen LogP contribution is 2.31. The third-order valence-corrected chi connectivity index (χ3v) is 5.36. The van der Waals surface area contributed by atoms with Crippen molar-refractivity contribution in [1.82, 2.24) is 9.97 Å². The molecule has 0 aliphatic carbocycles. The summed E-state index contributed by atoms with van der Waals surface area (Å²) >= 11 is 7.72. The van der Waals surface area contributed by atoms with E-state index in [0.717, 1.165) is 11.1 Å². The number of H-pyrrole nitrogens is 1. The first-order valence-electron chi connectivity index (χ1n) is 8.29. The summed E-state index contributed by atoms with van der Waals surface area (Å²) in [6, 6.07) is 15.7. The van der Waals surface area contributed by atoms with Crippen LogP contribution < -0.4 is 10.7 Å². The summed E-state index contributed by atoms with van der Waals surface area (Å²) in [5.74, 6) is -0.991. The maximum Gasteiger partial charge on any atom is 0.260 e. The number of fused-ring (bicyclic) bond motifs is 1. The van der Waals surface area contributed by atoms with E-state index in [1.807, 2.05) is 35.7 Å². The Hall–Kier alpha value is -3.22. The Morgan fingerprint density at radius 3 is 2.50 bits per heavy atom. The van der Waals surface area contributed by atoms with Crippen molar-refractivity contribution in [3.05, 3.63) is 87.3 Å². The molecule has 0 aliphatic heterocycles. The SMILES string of the molecule is O=C([O-])c1ccc(/C=C(\Cl)c2nc3scc(-c4ccccc4)c3c(=O)[nH]2)cc1. The van der Waals surface area contributed by atoms with Crippen LogP contribution in [0, 0.1) is 0 Å². The lowest BCUT2D eigenvalue weighted by Gasteiger charge is -2.04. The summed E-state index contributed by atoms with van der Waals surface area (Å²) in [6.07, 6.45) is 1.61. The smallest absolute Gasteiger partial charge is 0.260 e. The van der Waals surface area contributed by atoms with Gasteiger partial charge in [0, 0.05) is 10.9 Å². The average Bonchev–Trinajstić information content (AvgIpc) is 3.14. The fourth-order valence-corrected chi connectivity index (χ4v) is 3.99. The van der Waals surface area contributed by atoms with Gasteiger partial charge >= 0.3 is 0 Å². The number of rotatable bonds is 4. The minimum Gasteiger partial charge on any atom is -0.545 e. The third-order valence-electron chi connectivity index (χ3n) is 4.19. The molecule has 0 atom stereocenters. The number of carboxylic acid groups (broad SMARTS) is 1. The number of hydrogen-bond acceptors (Lipinski definition) is 5. The van der Waals surface area contributed by atoms with Crippen LogP contribution in [0.2, 0.25) is 0 Å². The Bertz CT molecular complexity index is 1260. The highest BCUT2D eigenvalue weighted by molar-refractivity contribution is 7.17. The van der Waals surface area contributed by atoms with Gasteiger partial charge in [0.2, 0.25) is 0 Å². The molecule has 2 aromatic carbocycles. The second-order valence-electron chi connectivity index (χ2n) is 6.01. The lowest BCUT2D eigenvalue weighted by Crippen LogP contribution is -2.21. The van der Waals surface area contributed by atoms with Gasteiger partial charge in [0.05, 0.1) is 16.4 Å². The van der Waals surface area contributed by atoms with Crippen molar-refractivity contribution in [2.45, 2.75) is 0 Å². The monoisotopic (exact) mass is 407 g/mol. The summed E-state index contributed by atoms with van der Waals surface area (Å²) < 4.78 is 0. The fraction of sp³-hybridized carbons (Fsp3) is 0. The van der Waals surface area contributed by atoms with Crippen LogP contribution in [0.1, 0.15) is 21.7 Å². The Morgan fingerprint density at radius 2 is 1.82 bits per heavy atom. The molecule has 138 valence electrons. The second-order valence-corrected chi connectivity index (χ2v) is 7.28. The molecular formula is C21H12ClN2O3S-. The van der Waals surface area contributed by atoms with Gasteiger partial charge in [0.15, 0.2) is 5.82 Å². The van der Waals surface area contributed by atoms with E-state index < -0.39 is 5.97 Å². The number of nitrogens with one attached hydrogen (secondary N) is 1. The third kappa shape index (κ3) is 3.47. The topological polar surface area (TPSA) is 85.9 Å². The molecule has 0 spiro atoms. The normalized spacial score (nSPS) is 11.7. The van der Waals surface area contributed by atoms with Crippen molar-refractivity contribution in [3.63, 3.8) is 0 Å². The standard InChI is InChI=1S/C21H13ClN2O3S/c22-16(10-12-6-8-14(9-7-12)21(26)27)18-23-19(25)17-15(11-28-20(17)24-18)13-4-2-1-3-5-13/h1-11H,(H,26,27)(H,23,24,25)/p-1/b16-10-. The number of carboxylic acids is 1. The van der Waals surface area contributed by atoms with Crippen LogP contribution in [0.5, 0.6) is 0 Å². The molecule has 2 heterocycles. The number of aromatic amines is 1. The Balaban J connectivity index is 1.73. The van der Waals surface area contributed by atoms with Crippen LogP contribution in [0.3, 0.4) is 0 Å². The van der Waals surface area contributed by atoms with E-state index in [0.29, 0.717) is 15.8 Å². The molecule has 0 amide bonds. The molecule has 2 aromatic heterocycles. The van der Waals surface area contributed by atoms with Gasteiger partial charge in [-0.2, -0.15) is 0 Å². The summed E-state index contributed by atoms with van der Waals surface area (Å²) in [5.41, 5.74) is 2.27. The van der Waals surface area contributed by atoms with Crippen molar-refractivity contribution < 1.29 is 9.90 Å². The molecule has 0 radical (unpaired) electrons. The number of aromatic nitrogens is 2. The van der Waals surface area contributed by atoms with Gasteiger partial charge in [0.1, 0.15) is 4.83 Å². The molecule has 4 rings (SSSR count). The van der Waals surface area contributed by atoms with Gasteiger partial charge in [-0.3, -0.25) is 4.79 Å². The predicted octanol–water partition coefficient (Wildman–Crippen LogP) is 3.75. The van der Waals surface area contributed by atoms with Crippen molar-refractivity contribution in [1.29, 1.82) is 0 Å². The highest BCUT2D eigenvalue weighted by Gasteiger charge is 2.14. The zero-order valence-corrected chi connectivity index (χ0v) is 15.9.